The molecule has 3 aliphatic carbocycles. The zero-order chi connectivity index (χ0) is 20.3. The van der Waals surface area contributed by atoms with E-state index >= 15 is 0 Å². The molecular weight excluding hydrogens is 362 g/mol. The Kier molecular flexibility index (Phi) is 5.84. The smallest absolute Gasteiger partial charge is 0.220 e. The van der Waals surface area contributed by atoms with Crippen LogP contribution >= 0.6 is 0 Å². The van der Waals surface area contributed by atoms with E-state index < -0.39 is 0 Å². The van der Waals surface area contributed by atoms with Gasteiger partial charge in [-0.15, -0.1) is 10.2 Å². The normalized spacial score (nSPS) is 21.9. The molecule has 1 heterocycles. The standard InChI is InChI=1S/C24H31N3O2/c1-24(2)19-10-9-18(20(24)16-19)14-15-25-21(28)11-13-23-27-26-22(29-23)12-8-17-6-4-3-5-7-17/h3-7,9,19-20H,8,10-16H2,1-2H3,(H,25,28)/t19-,20-/m0/s1. The van der Waals surface area contributed by atoms with Crippen LogP contribution in [0.1, 0.15) is 56.9 Å². The van der Waals surface area contributed by atoms with Crippen LogP contribution in [0.5, 0.6) is 0 Å². The Morgan fingerprint density at radius 1 is 1.10 bits per heavy atom. The van der Waals surface area contributed by atoms with Crippen LogP contribution in [-0.4, -0.2) is 22.6 Å². The van der Waals surface area contributed by atoms with Gasteiger partial charge in [0.25, 0.3) is 0 Å². The SMILES string of the molecule is CC1(C)[C@H]2CC=C(CCNC(=O)CCc3nnc(CCc4ccccc4)o3)[C@@H]1C2. The molecule has 5 heteroatoms. The van der Waals surface area contributed by atoms with Crippen LogP contribution < -0.4 is 5.32 Å². The Morgan fingerprint density at radius 2 is 1.86 bits per heavy atom. The van der Waals surface area contributed by atoms with E-state index in [4.69, 9.17) is 4.42 Å². The molecule has 2 bridgehead atoms. The zero-order valence-electron chi connectivity index (χ0n) is 17.5. The number of allylic oxidation sites excluding steroid dienone is 1. The second kappa shape index (κ2) is 8.52. The number of carbonyl (C=O) groups is 1. The minimum Gasteiger partial charge on any atom is -0.425 e. The second-order valence-electron chi connectivity index (χ2n) is 9.00. The highest BCUT2D eigenvalue weighted by Gasteiger charge is 2.50. The molecule has 0 radical (unpaired) electrons. The van der Waals surface area contributed by atoms with E-state index in [0.717, 1.165) is 25.2 Å². The summed E-state index contributed by atoms with van der Waals surface area (Å²) in [5.74, 6) is 2.80. The molecule has 0 unspecified atom stereocenters. The van der Waals surface area contributed by atoms with Crippen LogP contribution in [-0.2, 0) is 24.1 Å². The summed E-state index contributed by atoms with van der Waals surface area (Å²) in [6.07, 6.45) is 8.38. The molecule has 2 atom stereocenters. The molecule has 5 nitrogen and oxygen atoms in total. The third-order valence-electron chi connectivity index (χ3n) is 6.86. The Morgan fingerprint density at radius 3 is 2.59 bits per heavy atom. The van der Waals surface area contributed by atoms with Gasteiger partial charge in [-0.2, -0.15) is 0 Å². The van der Waals surface area contributed by atoms with Gasteiger partial charge in [-0.1, -0.05) is 55.8 Å². The van der Waals surface area contributed by atoms with Crippen molar-refractivity contribution >= 4 is 5.91 Å². The summed E-state index contributed by atoms with van der Waals surface area (Å²) in [6, 6.07) is 10.3. The highest BCUT2D eigenvalue weighted by molar-refractivity contribution is 5.76. The molecule has 5 rings (SSSR count). The van der Waals surface area contributed by atoms with Crippen LogP contribution in [0.3, 0.4) is 0 Å². The summed E-state index contributed by atoms with van der Waals surface area (Å²) in [7, 11) is 0. The molecular formula is C24H31N3O2. The maximum Gasteiger partial charge on any atom is 0.220 e. The Bertz CT molecular complexity index is 869. The lowest BCUT2D eigenvalue weighted by molar-refractivity contribution is -0.121. The molecule has 1 N–H and O–H groups in total. The number of hydrogen-bond donors (Lipinski definition) is 1. The molecule has 1 saturated carbocycles. The first kappa shape index (κ1) is 19.9. The summed E-state index contributed by atoms with van der Waals surface area (Å²) in [5, 5.41) is 11.2. The number of rotatable bonds is 9. The van der Waals surface area contributed by atoms with Crippen LogP contribution in [0.4, 0.5) is 0 Å². The van der Waals surface area contributed by atoms with E-state index in [0.29, 0.717) is 42.5 Å². The van der Waals surface area contributed by atoms with Gasteiger partial charge in [-0.3, -0.25) is 4.79 Å². The fraction of sp³-hybridized carbons (Fsp3) is 0.542. The first-order chi connectivity index (χ1) is 14.0. The van der Waals surface area contributed by atoms with E-state index in [2.05, 4.69) is 47.6 Å². The molecule has 1 aromatic heterocycles. The van der Waals surface area contributed by atoms with Crippen LogP contribution in [0, 0.1) is 17.3 Å². The van der Waals surface area contributed by atoms with Gasteiger partial charge < -0.3 is 9.73 Å². The lowest BCUT2D eigenvalue weighted by Crippen LogP contribution is -2.48. The summed E-state index contributed by atoms with van der Waals surface area (Å²) in [4.78, 5) is 12.2. The molecule has 1 fully saturated rings. The Labute approximate surface area is 173 Å². The van der Waals surface area contributed by atoms with Gasteiger partial charge in [-0.25, -0.2) is 0 Å². The summed E-state index contributed by atoms with van der Waals surface area (Å²) < 4.78 is 5.69. The maximum absolute atomic E-state index is 12.2. The lowest BCUT2D eigenvalue weighted by Gasteiger charge is -2.56. The molecule has 1 aromatic carbocycles. The third kappa shape index (κ3) is 4.60. The molecule has 0 spiro atoms. The van der Waals surface area contributed by atoms with E-state index in [1.807, 2.05) is 18.2 Å². The highest BCUT2D eigenvalue weighted by atomic mass is 16.4. The minimum atomic E-state index is 0.0520. The summed E-state index contributed by atoms with van der Waals surface area (Å²) in [6.45, 7) is 5.49. The van der Waals surface area contributed by atoms with Gasteiger partial charge in [0.15, 0.2) is 0 Å². The topological polar surface area (TPSA) is 68.0 Å². The monoisotopic (exact) mass is 393 g/mol. The van der Waals surface area contributed by atoms with Crippen molar-refractivity contribution in [2.45, 2.75) is 58.8 Å². The van der Waals surface area contributed by atoms with Gasteiger partial charge >= 0.3 is 0 Å². The van der Waals surface area contributed by atoms with Crippen molar-refractivity contribution < 1.29 is 9.21 Å². The largest absolute Gasteiger partial charge is 0.425 e. The van der Waals surface area contributed by atoms with Crippen LogP contribution in [0.25, 0.3) is 0 Å². The first-order valence-electron chi connectivity index (χ1n) is 10.8. The Hall–Kier alpha value is -2.43. The van der Waals surface area contributed by atoms with E-state index in [1.165, 1.54) is 24.0 Å². The number of aromatic nitrogens is 2. The maximum atomic E-state index is 12.2. The molecule has 0 saturated heterocycles. The zero-order valence-corrected chi connectivity index (χ0v) is 17.5. The number of carbonyl (C=O) groups excluding carboxylic acids is 1. The third-order valence-corrected chi connectivity index (χ3v) is 6.86. The molecule has 3 aliphatic rings. The number of fused-ring (bicyclic) bond motifs is 1. The molecule has 2 aromatic rings. The fourth-order valence-corrected chi connectivity index (χ4v) is 4.80. The van der Waals surface area contributed by atoms with Crippen LogP contribution in [0.2, 0.25) is 0 Å². The van der Waals surface area contributed by atoms with Crippen molar-refractivity contribution in [1.82, 2.24) is 15.5 Å². The predicted octanol–water partition coefficient (Wildman–Crippen LogP) is 4.29. The van der Waals surface area contributed by atoms with Gasteiger partial charge in [0.1, 0.15) is 0 Å². The molecule has 154 valence electrons. The van der Waals surface area contributed by atoms with Crippen molar-refractivity contribution in [2.24, 2.45) is 17.3 Å². The Balaban J connectivity index is 1.15. The average Bonchev–Trinajstić information content (AvgIpc) is 3.19. The van der Waals surface area contributed by atoms with Crippen molar-refractivity contribution in [1.29, 1.82) is 0 Å². The second-order valence-corrected chi connectivity index (χ2v) is 9.00. The number of aryl methyl sites for hydroxylation is 3. The minimum absolute atomic E-state index is 0.0520. The number of nitrogens with zero attached hydrogens (tertiary/aromatic N) is 2. The number of amides is 1. The first-order valence-corrected chi connectivity index (χ1v) is 10.8. The van der Waals surface area contributed by atoms with Gasteiger partial charge in [0.05, 0.1) is 0 Å². The van der Waals surface area contributed by atoms with Gasteiger partial charge in [-0.05, 0) is 48.5 Å². The average molecular weight is 394 g/mol. The quantitative estimate of drug-likeness (QED) is 0.646. The predicted molar refractivity (Wildman–Crippen MR) is 112 cm³/mol. The van der Waals surface area contributed by atoms with Crippen LogP contribution in [0.15, 0.2) is 46.4 Å². The number of nitrogens with one attached hydrogen (secondary N) is 1. The van der Waals surface area contributed by atoms with Crippen molar-refractivity contribution in [3.63, 3.8) is 0 Å². The van der Waals surface area contributed by atoms with Crippen molar-refractivity contribution in [3.8, 4) is 0 Å². The number of hydrogen-bond acceptors (Lipinski definition) is 4. The summed E-state index contributed by atoms with van der Waals surface area (Å²) in [5.41, 5.74) is 3.24. The van der Waals surface area contributed by atoms with E-state index in [9.17, 15) is 4.79 Å². The van der Waals surface area contributed by atoms with Crippen molar-refractivity contribution in [2.75, 3.05) is 6.54 Å². The fourth-order valence-electron chi connectivity index (χ4n) is 4.80. The van der Waals surface area contributed by atoms with Gasteiger partial charge in [0.2, 0.25) is 17.7 Å². The van der Waals surface area contributed by atoms with Gasteiger partial charge in [0, 0.05) is 25.8 Å². The lowest BCUT2D eigenvalue weighted by atomic mass is 9.48. The van der Waals surface area contributed by atoms with E-state index in [1.54, 1.807) is 0 Å². The summed E-state index contributed by atoms with van der Waals surface area (Å²) >= 11 is 0. The molecule has 0 aliphatic heterocycles. The molecule has 1 amide bonds. The van der Waals surface area contributed by atoms with Crippen molar-refractivity contribution in [3.05, 3.63) is 59.3 Å². The van der Waals surface area contributed by atoms with E-state index in [-0.39, 0.29) is 5.91 Å². The number of benzene rings is 1. The highest BCUT2D eigenvalue weighted by Crippen LogP contribution is 2.59. The molecule has 29 heavy (non-hydrogen) atoms.